The number of thioether (sulfide) groups is 1. The average Bonchev–Trinajstić information content (AvgIpc) is 2.90. The Bertz CT molecular complexity index is 657. The predicted molar refractivity (Wildman–Crippen MR) is 89.4 cm³/mol. The van der Waals surface area contributed by atoms with Crippen molar-refractivity contribution in [1.29, 1.82) is 0 Å². The minimum absolute atomic E-state index is 0.0830. The van der Waals surface area contributed by atoms with Crippen LogP contribution in [0.4, 0.5) is 11.5 Å². The monoisotopic (exact) mass is 314 g/mol. The average molecular weight is 314 g/mol. The highest BCUT2D eigenvalue weighted by Crippen LogP contribution is 2.23. The zero-order chi connectivity index (χ0) is 15.5. The van der Waals surface area contributed by atoms with Crippen LogP contribution in [0.1, 0.15) is 12.0 Å². The summed E-state index contributed by atoms with van der Waals surface area (Å²) in [7, 11) is 0. The van der Waals surface area contributed by atoms with Crippen LogP contribution < -0.4 is 10.2 Å². The van der Waals surface area contributed by atoms with Crippen molar-refractivity contribution in [3.63, 3.8) is 0 Å². The second-order valence-corrected chi connectivity index (χ2v) is 6.10. The highest BCUT2D eigenvalue weighted by atomic mass is 32.2. The van der Waals surface area contributed by atoms with Gasteiger partial charge in [-0.05, 0) is 43.9 Å². The van der Waals surface area contributed by atoms with E-state index in [2.05, 4.69) is 15.5 Å². The van der Waals surface area contributed by atoms with Crippen molar-refractivity contribution in [2.75, 3.05) is 23.0 Å². The number of benzene rings is 1. The highest BCUT2D eigenvalue weighted by molar-refractivity contribution is 7.98. The molecule has 1 fully saturated rings. The first kappa shape index (κ1) is 14.8. The molecule has 0 radical (unpaired) electrons. The molecule has 1 atom stereocenters. The van der Waals surface area contributed by atoms with E-state index in [1.807, 2.05) is 54.5 Å². The van der Waals surface area contributed by atoms with Gasteiger partial charge < -0.3 is 10.2 Å². The first-order valence-corrected chi connectivity index (χ1v) is 8.42. The maximum Gasteiger partial charge on any atom is 0.249 e. The molecule has 5 nitrogen and oxygen atoms in total. The summed E-state index contributed by atoms with van der Waals surface area (Å²) in [4.78, 5) is 14.3. The number of anilines is 2. The van der Waals surface area contributed by atoms with E-state index in [4.69, 9.17) is 0 Å². The zero-order valence-electron chi connectivity index (χ0n) is 12.6. The highest BCUT2D eigenvalue weighted by Gasteiger charge is 2.32. The Morgan fingerprint density at radius 2 is 1.95 bits per heavy atom. The third-order valence-electron chi connectivity index (χ3n) is 3.72. The van der Waals surface area contributed by atoms with Crippen molar-refractivity contribution >= 4 is 29.2 Å². The summed E-state index contributed by atoms with van der Waals surface area (Å²) in [5.41, 5.74) is 2.14. The van der Waals surface area contributed by atoms with Crippen molar-refractivity contribution in [2.45, 2.75) is 24.4 Å². The molecule has 0 spiro atoms. The molecule has 1 aromatic heterocycles. The fourth-order valence-corrected chi connectivity index (χ4v) is 2.81. The molecule has 0 aliphatic carbocycles. The van der Waals surface area contributed by atoms with Gasteiger partial charge in [-0.3, -0.25) is 4.79 Å². The number of carbonyl (C=O) groups is 1. The smallest absolute Gasteiger partial charge is 0.249 e. The van der Waals surface area contributed by atoms with E-state index in [0.29, 0.717) is 5.82 Å². The number of aromatic nitrogens is 2. The molecule has 1 aliphatic heterocycles. The molecule has 0 saturated carbocycles. The summed E-state index contributed by atoms with van der Waals surface area (Å²) in [5, 5.41) is 12.2. The molecule has 6 heteroatoms. The van der Waals surface area contributed by atoms with E-state index in [-0.39, 0.29) is 11.9 Å². The van der Waals surface area contributed by atoms with Crippen LogP contribution in [-0.2, 0) is 4.79 Å². The summed E-state index contributed by atoms with van der Waals surface area (Å²) in [6, 6.07) is 11.5. The SMILES string of the molecule is CSc1ccc(NC2CCN(c3ccc(C)cc3)C2=O)nn1. The van der Waals surface area contributed by atoms with Crippen LogP contribution in [0.2, 0.25) is 0 Å². The molecule has 1 unspecified atom stereocenters. The summed E-state index contributed by atoms with van der Waals surface area (Å²) < 4.78 is 0. The Balaban J connectivity index is 1.69. The van der Waals surface area contributed by atoms with Gasteiger partial charge in [0.2, 0.25) is 5.91 Å². The largest absolute Gasteiger partial charge is 0.357 e. The molecular formula is C16H18N4OS. The van der Waals surface area contributed by atoms with Gasteiger partial charge in [-0.1, -0.05) is 17.7 Å². The van der Waals surface area contributed by atoms with Crippen molar-refractivity contribution < 1.29 is 4.79 Å². The fourth-order valence-electron chi connectivity index (χ4n) is 2.48. The van der Waals surface area contributed by atoms with Gasteiger partial charge in [0.25, 0.3) is 0 Å². The lowest BCUT2D eigenvalue weighted by Crippen LogP contribution is -2.33. The number of hydrogen-bond acceptors (Lipinski definition) is 5. The summed E-state index contributed by atoms with van der Waals surface area (Å²) >= 11 is 1.54. The van der Waals surface area contributed by atoms with Crippen LogP contribution >= 0.6 is 11.8 Å². The first-order chi connectivity index (χ1) is 10.7. The van der Waals surface area contributed by atoms with Gasteiger partial charge in [-0.2, -0.15) is 0 Å². The summed E-state index contributed by atoms with van der Waals surface area (Å²) in [6.45, 7) is 2.76. The molecule has 1 saturated heterocycles. The van der Waals surface area contributed by atoms with Crippen LogP contribution in [0.25, 0.3) is 0 Å². The lowest BCUT2D eigenvalue weighted by atomic mass is 10.2. The van der Waals surface area contributed by atoms with Gasteiger partial charge in [0.1, 0.15) is 16.9 Å². The van der Waals surface area contributed by atoms with Crippen molar-refractivity contribution in [3.8, 4) is 0 Å². The second kappa shape index (κ2) is 6.36. The van der Waals surface area contributed by atoms with Crippen molar-refractivity contribution in [3.05, 3.63) is 42.0 Å². The van der Waals surface area contributed by atoms with Crippen molar-refractivity contribution in [1.82, 2.24) is 10.2 Å². The van der Waals surface area contributed by atoms with Gasteiger partial charge in [0.05, 0.1) is 0 Å². The van der Waals surface area contributed by atoms with E-state index >= 15 is 0 Å². The van der Waals surface area contributed by atoms with E-state index < -0.39 is 0 Å². The van der Waals surface area contributed by atoms with Crippen LogP contribution in [0.5, 0.6) is 0 Å². The van der Waals surface area contributed by atoms with Crippen LogP contribution in [0.15, 0.2) is 41.4 Å². The number of carbonyl (C=O) groups excluding carboxylic acids is 1. The quantitative estimate of drug-likeness (QED) is 0.879. The second-order valence-electron chi connectivity index (χ2n) is 5.27. The van der Waals surface area contributed by atoms with Crippen LogP contribution in [-0.4, -0.2) is 34.9 Å². The Morgan fingerprint density at radius 1 is 1.18 bits per heavy atom. The van der Waals surface area contributed by atoms with Gasteiger partial charge in [0, 0.05) is 12.2 Å². The Hall–Kier alpha value is -2.08. The Labute approximate surface area is 134 Å². The Kier molecular flexibility index (Phi) is 4.29. The third-order valence-corrected chi connectivity index (χ3v) is 4.36. The summed E-state index contributed by atoms with van der Waals surface area (Å²) in [5.74, 6) is 0.724. The number of rotatable bonds is 4. The first-order valence-electron chi connectivity index (χ1n) is 7.19. The molecule has 1 N–H and O–H groups in total. The van der Waals surface area contributed by atoms with Crippen LogP contribution in [0.3, 0.4) is 0 Å². The summed E-state index contributed by atoms with van der Waals surface area (Å²) in [6.07, 6.45) is 2.72. The maximum atomic E-state index is 12.5. The van der Waals surface area contributed by atoms with E-state index in [1.54, 1.807) is 11.8 Å². The fraction of sp³-hybridized carbons (Fsp3) is 0.312. The minimum atomic E-state index is -0.240. The lowest BCUT2D eigenvalue weighted by Gasteiger charge is -2.17. The third kappa shape index (κ3) is 3.06. The predicted octanol–water partition coefficient (Wildman–Crippen LogP) is 2.72. The minimum Gasteiger partial charge on any atom is -0.357 e. The normalized spacial score (nSPS) is 17.8. The van der Waals surface area contributed by atoms with Crippen molar-refractivity contribution in [2.24, 2.45) is 0 Å². The Morgan fingerprint density at radius 3 is 2.59 bits per heavy atom. The molecular weight excluding hydrogens is 296 g/mol. The number of hydrogen-bond donors (Lipinski definition) is 1. The van der Waals surface area contributed by atoms with Gasteiger partial charge in [-0.15, -0.1) is 22.0 Å². The van der Waals surface area contributed by atoms with E-state index in [0.717, 1.165) is 23.7 Å². The van der Waals surface area contributed by atoms with E-state index in [9.17, 15) is 4.79 Å². The number of nitrogens with zero attached hydrogens (tertiary/aromatic N) is 3. The molecule has 2 aromatic rings. The van der Waals surface area contributed by atoms with Crippen LogP contribution in [0, 0.1) is 6.92 Å². The molecule has 22 heavy (non-hydrogen) atoms. The standard InChI is InChI=1S/C16H18N4OS/c1-11-3-5-12(6-4-11)20-10-9-13(16(20)21)17-14-7-8-15(22-2)19-18-14/h3-8,13H,9-10H2,1-2H3,(H,17,18). The van der Waals surface area contributed by atoms with Gasteiger partial charge in [0.15, 0.2) is 0 Å². The number of amides is 1. The van der Waals surface area contributed by atoms with E-state index in [1.165, 1.54) is 5.56 Å². The topological polar surface area (TPSA) is 58.1 Å². The molecule has 0 bridgehead atoms. The lowest BCUT2D eigenvalue weighted by molar-refractivity contribution is -0.117. The molecule has 114 valence electrons. The maximum absolute atomic E-state index is 12.5. The molecule has 3 rings (SSSR count). The molecule has 1 aliphatic rings. The zero-order valence-corrected chi connectivity index (χ0v) is 13.4. The molecule has 1 amide bonds. The van der Waals surface area contributed by atoms with Gasteiger partial charge in [-0.25, -0.2) is 0 Å². The molecule has 2 heterocycles. The van der Waals surface area contributed by atoms with Gasteiger partial charge >= 0.3 is 0 Å². The molecule has 1 aromatic carbocycles. The number of nitrogens with one attached hydrogen (secondary N) is 1. The number of aryl methyl sites for hydroxylation is 1.